The fourth-order valence-corrected chi connectivity index (χ4v) is 3.63. The Bertz CT molecular complexity index is 1040. The molecule has 2 atom stereocenters. The molecule has 0 saturated carbocycles. The van der Waals surface area contributed by atoms with E-state index >= 15 is 0 Å². The van der Waals surface area contributed by atoms with Gasteiger partial charge in [-0.3, -0.25) is 4.79 Å². The van der Waals surface area contributed by atoms with Crippen LogP contribution >= 0.6 is 0 Å². The number of hydrogen-bond donors (Lipinski definition) is 3. The number of rotatable bonds is 12. The summed E-state index contributed by atoms with van der Waals surface area (Å²) in [7, 11) is 4.70. The van der Waals surface area contributed by atoms with Crippen molar-refractivity contribution in [1.29, 1.82) is 0 Å². The highest BCUT2D eigenvalue weighted by molar-refractivity contribution is 5.95. The Hall–Kier alpha value is -3.55. The van der Waals surface area contributed by atoms with E-state index in [4.69, 9.17) is 14.2 Å². The average Bonchev–Trinajstić information content (AvgIpc) is 2.88. The molecule has 0 heterocycles. The van der Waals surface area contributed by atoms with E-state index in [0.29, 0.717) is 36.6 Å². The summed E-state index contributed by atoms with van der Waals surface area (Å²) in [6, 6.07) is 22.0. The van der Waals surface area contributed by atoms with E-state index in [1.165, 1.54) is 14.2 Å². The molecule has 0 aliphatic heterocycles. The quantitative estimate of drug-likeness (QED) is 0.382. The molecule has 180 valence electrons. The minimum Gasteiger partial charge on any atom is -0.497 e. The molecule has 3 aromatic carbocycles. The van der Waals surface area contributed by atoms with Crippen LogP contribution in [0.2, 0.25) is 0 Å². The first kappa shape index (κ1) is 25.1. The minimum atomic E-state index is -0.817. The topological polar surface area (TPSA) is 89.1 Å². The molecular weight excluding hydrogens is 432 g/mol. The number of ether oxygens (including phenoxy) is 3. The molecule has 3 aromatic rings. The summed E-state index contributed by atoms with van der Waals surface area (Å²) < 4.78 is 15.8. The van der Waals surface area contributed by atoms with Gasteiger partial charge in [0.1, 0.15) is 17.2 Å². The lowest BCUT2D eigenvalue weighted by Crippen LogP contribution is -2.48. The third-order valence-electron chi connectivity index (χ3n) is 5.51. The average molecular weight is 465 g/mol. The summed E-state index contributed by atoms with van der Waals surface area (Å²) in [4.78, 5) is 13.1. The van der Waals surface area contributed by atoms with Crippen LogP contribution in [-0.2, 0) is 13.0 Å². The fourth-order valence-electron chi connectivity index (χ4n) is 3.63. The van der Waals surface area contributed by atoms with Gasteiger partial charge in [0.05, 0.1) is 33.5 Å². The molecule has 34 heavy (non-hydrogen) atoms. The van der Waals surface area contributed by atoms with Crippen LogP contribution in [0, 0.1) is 0 Å². The highest BCUT2D eigenvalue weighted by Gasteiger charge is 2.23. The second-order valence-corrected chi connectivity index (χ2v) is 7.92. The van der Waals surface area contributed by atoms with Crippen molar-refractivity contribution in [2.45, 2.75) is 25.1 Å². The molecule has 3 rings (SSSR count). The minimum absolute atomic E-state index is 0.302. The maximum Gasteiger partial charge on any atom is 0.251 e. The zero-order chi connectivity index (χ0) is 24.3. The number of hydrogen-bond acceptors (Lipinski definition) is 6. The Morgan fingerprint density at radius 1 is 0.824 bits per heavy atom. The van der Waals surface area contributed by atoms with E-state index in [-0.39, 0.29) is 5.91 Å². The van der Waals surface area contributed by atoms with Gasteiger partial charge < -0.3 is 30.0 Å². The Morgan fingerprint density at radius 2 is 1.47 bits per heavy atom. The Labute approximate surface area is 200 Å². The van der Waals surface area contributed by atoms with Crippen molar-refractivity contribution in [3.05, 3.63) is 89.5 Å². The third-order valence-corrected chi connectivity index (χ3v) is 5.51. The van der Waals surface area contributed by atoms with Crippen LogP contribution in [0.5, 0.6) is 17.2 Å². The van der Waals surface area contributed by atoms with Gasteiger partial charge in [0.15, 0.2) is 0 Å². The van der Waals surface area contributed by atoms with Crippen molar-refractivity contribution < 1.29 is 24.1 Å². The highest BCUT2D eigenvalue weighted by atomic mass is 16.5. The SMILES string of the molecule is COc1cccc(CNC[C@@H](O)[C@H](Cc2ccccc2)NC(=O)c2cc(OC)cc(OC)c2)c1. The van der Waals surface area contributed by atoms with E-state index in [2.05, 4.69) is 10.6 Å². The van der Waals surface area contributed by atoms with Gasteiger partial charge in [-0.1, -0.05) is 42.5 Å². The molecule has 0 radical (unpaired) electrons. The number of carbonyl (C=O) groups excluding carboxylic acids is 1. The number of nitrogens with one attached hydrogen (secondary N) is 2. The van der Waals surface area contributed by atoms with Crippen molar-refractivity contribution >= 4 is 5.91 Å². The first-order valence-electron chi connectivity index (χ1n) is 11.1. The summed E-state index contributed by atoms with van der Waals surface area (Å²) >= 11 is 0. The van der Waals surface area contributed by atoms with E-state index in [1.807, 2.05) is 54.6 Å². The van der Waals surface area contributed by atoms with Crippen molar-refractivity contribution in [1.82, 2.24) is 10.6 Å². The second-order valence-electron chi connectivity index (χ2n) is 7.92. The summed E-state index contributed by atoms with van der Waals surface area (Å²) in [6.45, 7) is 0.865. The van der Waals surface area contributed by atoms with Crippen molar-refractivity contribution in [2.24, 2.45) is 0 Å². The van der Waals surface area contributed by atoms with Gasteiger partial charge >= 0.3 is 0 Å². The molecule has 0 fully saturated rings. The number of amides is 1. The smallest absolute Gasteiger partial charge is 0.251 e. The monoisotopic (exact) mass is 464 g/mol. The molecule has 0 unspecified atom stereocenters. The number of benzene rings is 3. The van der Waals surface area contributed by atoms with Crippen LogP contribution in [0.4, 0.5) is 0 Å². The zero-order valence-electron chi connectivity index (χ0n) is 19.8. The standard InChI is InChI=1S/C27H32N2O5/c1-32-22-11-7-10-20(12-22)17-28-18-26(30)25(13-19-8-5-4-6-9-19)29-27(31)21-14-23(33-2)16-24(15-21)34-3/h4-12,14-16,25-26,28,30H,13,17-18H2,1-3H3,(H,29,31)/t25-,26+/m0/s1. The summed E-state index contributed by atoms with van der Waals surface area (Å²) in [6.07, 6.45) is -0.336. The molecule has 0 saturated heterocycles. The maximum atomic E-state index is 13.1. The van der Waals surface area contributed by atoms with Gasteiger partial charge in [-0.15, -0.1) is 0 Å². The number of carbonyl (C=O) groups is 1. The molecule has 0 aliphatic rings. The van der Waals surface area contributed by atoms with Crippen LogP contribution < -0.4 is 24.8 Å². The second kappa shape index (κ2) is 12.6. The summed E-state index contributed by atoms with van der Waals surface area (Å²) in [5.74, 6) is 1.50. The summed E-state index contributed by atoms with van der Waals surface area (Å²) in [5.41, 5.74) is 2.45. The van der Waals surface area contributed by atoms with Crippen LogP contribution in [0.25, 0.3) is 0 Å². The van der Waals surface area contributed by atoms with Crippen molar-refractivity contribution in [2.75, 3.05) is 27.9 Å². The van der Waals surface area contributed by atoms with E-state index in [1.54, 1.807) is 25.3 Å². The van der Waals surface area contributed by atoms with E-state index in [0.717, 1.165) is 16.9 Å². The molecule has 7 heteroatoms. The van der Waals surface area contributed by atoms with Crippen molar-refractivity contribution in [3.8, 4) is 17.2 Å². The number of methoxy groups -OCH3 is 3. The first-order chi connectivity index (χ1) is 16.5. The maximum absolute atomic E-state index is 13.1. The van der Waals surface area contributed by atoms with Crippen LogP contribution in [0.3, 0.4) is 0 Å². The van der Waals surface area contributed by atoms with E-state index in [9.17, 15) is 9.90 Å². The fraction of sp³-hybridized carbons (Fsp3) is 0.296. The lowest BCUT2D eigenvalue weighted by atomic mass is 10.00. The van der Waals surface area contributed by atoms with Crippen LogP contribution in [0.1, 0.15) is 21.5 Å². The normalized spacial score (nSPS) is 12.5. The molecule has 0 spiro atoms. The highest BCUT2D eigenvalue weighted by Crippen LogP contribution is 2.22. The number of aliphatic hydroxyl groups excluding tert-OH is 1. The van der Waals surface area contributed by atoms with Crippen LogP contribution in [0.15, 0.2) is 72.8 Å². The molecule has 1 amide bonds. The van der Waals surface area contributed by atoms with Gasteiger partial charge in [-0.05, 0) is 41.8 Å². The number of aliphatic hydroxyl groups is 1. The molecule has 0 bridgehead atoms. The predicted octanol–water partition coefficient (Wildman–Crippen LogP) is 3.20. The van der Waals surface area contributed by atoms with Crippen LogP contribution in [-0.4, -0.2) is 51.0 Å². The van der Waals surface area contributed by atoms with Gasteiger partial charge in [0, 0.05) is 24.7 Å². The molecule has 7 nitrogen and oxygen atoms in total. The molecule has 0 aromatic heterocycles. The third kappa shape index (κ3) is 7.23. The zero-order valence-corrected chi connectivity index (χ0v) is 19.8. The Morgan fingerprint density at radius 3 is 2.12 bits per heavy atom. The lowest BCUT2D eigenvalue weighted by Gasteiger charge is -2.25. The molecule has 0 aliphatic carbocycles. The molecule has 3 N–H and O–H groups in total. The molecular formula is C27H32N2O5. The first-order valence-corrected chi connectivity index (χ1v) is 11.1. The van der Waals surface area contributed by atoms with E-state index < -0.39 is 12.1 Å². The van der Waals surface area contributed by atoms with Gasteiger partial charge in [-0.2, -0.15) is 0 Å². The Kier molecular flexibility index (Phi) is 9.31. The van der Waals surface area contributed by atoms with Crippen molar-refractivity contribution in [3.63, 3.8) is 0 Å². The summed E-state index contributed by atoms with van der Waals surface area (Å²) in [5, 5.41) is 17.3. The van der Waals surface area contributed by atoms with Gasteiger partial charge in [-0.25, -0.2) is 0 Å². The predicted molar refractivity (Wildman–Crippen MR) is 132 cm³/mol. The lowest BCUT2D eigenvalue weighted by molar-refractivity contribution is 0.0829. The Balaban J connectivity index is 1.70. The largest absolute Gasteiger partial charge is 0.497 e. The van der Waals surface area contributed by atoms with Gasteiger partial charge in [0.25, 0.3) is 5.91 Å². The van der Waals surface area contributed by atoms with Gasteiger partial charge in [0.2, 0.25) is 0 Å².